The molecule has 0 atom stereocenters. The molecule has 4 rings (SSSR count). The van der Waals surface area contributed by atoms with Crippen molar-refractivity contribution < 1.29 is 4.42 Å². The summed E-state index contributed by atoms with van der Waals surface area (Å²) in [7, 11) is 0. The molecule has 0 aliphatic carbocycles. The van der Waals surface area contributed by atoms with Gasteiger partial charge in [-0.1, -0.05) is 12.1 Å². The summed E-state index contributed by atoms with van der Waals surface area (Å²) in [6.45, 7) is 1.99. The van der Waals surface area contributed by atoms with E-state index >= 15 is 0 Å². The Bertz CT molecular complexity index is 1080. The van der Waals surface area contributed by atoms with Crippen LogP contribution in [0.5, 0.6) is 0 Å². The van der Waals surface area contributed by atoms with Crippen molar-refractivity contribution in [2.24, 2.45) is 0 Å². The first-order valence-corrected chi connectivity index (χ1v) is 7.56. The quantitative estimate of drug-likeness (QED) is 0.430. The molecule has 6 heteroatoms. The Morgan fingerprint density at radius 2 is 2.00 bits per heavy atom. The smallest absolute Gasteiger partial charge is 0.349 e. The number of nitrogens with two attached hydrogens (primary N) is 1. The number of nitrogen functional groups attached to an aromatic ring is 1. The summed E-state index contributed by atoms with van der Waals surface area (Å²) in [5, 5.41) is 2.96. The molecule has 108 valence electrons. The molecule has 0 saturated carbocycles. The van der Waals surface area contributed by atoms with Crippen LogP contribution in [0.2, 0.25) is 0 Å². The minimum absolute atomic E-state index is 0.146. The molecule has 0 fully saturated rings. The molecule has 0 aliphatic rings. The number of aryl methyl sites for hydroxylation is 1. The number of aromatic nitrogens is 2. The van der Waals surface area contributed by atoms with Crippen molar-refractivity contribution in [1.29, 1.82) is 0 Å². The van der Waals surface area contributed by atoms with E-state index in [2.05, 4.69) is 9.97 Å². The highest BCUT2D eigenvalue weighted by atomic mass is 32.1. The van der Waals surface area contributed by atoms with Crippen LogP contribution < -0.4 is 11.4 Å². The van der Waals surface area contributed by atoms with Crippen LogP contribution in [0.3, 0.4) is 0 Å². The first-order chi connectivity index (χ1) is 10.6. The first-order valence-electron chi connectivity index (χ1n) is 6.68. The molecule has 0 bridgehead atoms. The lowest BCUT2D eigenvalue weighted by atomic mass is 10.1. The van der Waals surface area contributed by atoms with E-state index in [1.54, 1.807) is 17.4 Å². The maximum absolute atomic E-state index is 12.2. The first kappa shape index (κ1) is 13.0. The number of rotatable bonds is 1. The van der Waals surface area contributed by atoms with Crippen molar-refractivity contribution in [3.05, 3.63) is 51.7 Å². The van der Waals surface area contributed by atoms with Crippen LogP contribution in [-0.4, -0.2) is 9.97 Å². The fourth-order valence-electron chi connectivity index (χ4n) is 2.48. The van der Waals surface area contributed by atoms with E-state index < -0.39 is 5.63 Å². The third-order valence-corrected chi connectivity index (χ3v) is 4.56. The Balaban J connectivity index is 2.19. The van der Waals surface area contributed by atoms with E-state index in [0.717, 1.165) is 15.8 Å². The molecule has 0 amide bonds. The molecule has 5 nitrogen and oxygen atoms in total. The highest BCUT2D eigenvalue weighted by Gasteiger charge is 2.16. The summed E-state index contributed by atoms with van der Waals surface area (Å²) in [5.74, 6) is 0.681. The molecule has 1 aromatic carbocycles. The van der Waals surface area contributed by atoms with Gasteiger partial charge >= 0.3 is 5.63 Å². The van der Waals surface area contributed by atoms with E-state index in [4.69, 9.17) is 10.2 Å². The standard InChI is InChI=1S/C16H11N3O2S/c1-8-6-7-22-13(8)15-18-12-9-4-2-3-5-10(9)21-16(20)11(12)14(17)19-15/h2-7H,1H3,(H2,17,18,19). The van der Waals surface area contributed by atoms with E-state index in [1.807, 2.05) is 36.6 Å². The molecule has 2 N–H and O–H groups in total. The van der Waals surface area contributed by atoms with Gasteiger partial charge in [0.15, 0.2) is 5.82 Å². The topological polar surface area (TPSA) is 82.0 Å². The van der Waals surface area contributed by atoms with Crippen molar-refractivity contribution in [1.82, 2.24) is 9.97 Å². The van der Waals surface area contributed by atoms with Gasteiger partial charge in [-0.05, 0) is 36.1 Å². The largest absolute Gasteiger partial charge is 0.422 e. The van der Waals surface area contributed by atoms with Crippen LogP contribution in [0.25, 0.3) is 32.6 Å². The van der Waals surface area contributed by atoms with Crippen LogP contribution in [0, 0.1) is 6.92 Å². The van der Waals surface area contributed by atoms with Crippen molar-refractivity contribution >= 4 is 39.0 Å². The number of nitrogens with zero attached hydrogens (tertiary/aromatic N) is 2. The number of anilines is 1. The lowest BCUT2D eigenvalue weighted by Gasteiger charge is -2.06. The summed E-state index contributed by atoms with van der Waals surface area (Å²) in [6, 6.07) is 9.28. The van der Waals surface area contributed by atoms with Gasteiger partial charge in [0.1, 0.15) is 16.8 Å². The van der Waals surface area contributed by atoms with Crippen molar-refractivity contribution in [3.63, 3.8) is 0 Å². The number of benzene rings is 1. The van der Waals surface area contributed by atoms with E-state index in [0.29, 0.717) is 16.9 Å². The number of hydrogen-bond donors (Lipinski definition) is 1. The molecule has 0 aliphatic heterocycles. The molecule has 0 unspecified atom stereocenters. The molecule has 3 heterocycles. The summed E-state index contributed by atoms with van der Waals surface area (Å²) < 4.78 is 5.30. The van der Waals surface area contributed by atoms with Crippen LogP contribution >= 0.6 is 11.3 Å². The zero-order chi connectivity index (χ0) is 15.3. The summed E-state index contributed by atoms with van der Waals surface area (Å²) in [4.78, 5) is 22.0. The van der Waals surface area contributed by atoms with Gasteiger partial charge in [-0.2, -0.15) is 0 Å². The second-order valence-electron chi connectivity index (χ2n) is 4.97. The lowest BCUT2D eigenvalue weighted by molar-refractivity contribution is 0.569. The van der Waals surface area contributed by atoms with Crippen molar-refractivity contribution in [2.75, 3.05) is 5.73 Å². The third kappa shape index (κ3) is 1.81. The van der Waals surface area contributed by atoms with Crippen LogP contribution in [-0.2, 0) is 0 Å². The zero-order valence-electron chi connectivity index (χ0n) is 11.7. The van der Waals surface area contributed by atoms with Crippen LogP contribution in [0.1, 0.15) is 5.56 Å². The minimum atomic E-state index is -0.513. The molecule has 22 heavy (non-hydrogen) atoms. The van der Waals surface area contributed by atoms with E-state index in [9.17, 15) is 4.79 Å². The Morgan fingerprint density at radius 3 is 2.77 bits per heavy atom. The Kier molecular flexibility index (Phi) is 2.74. The molecule has 4 aromatic rings. The van der Waals surface area contributed by atoms with Crippen molar-refractivity contribution in [2.45, 2.75) is 6.92 Å². The predicted octanol–water partition coefficient (Wildman–Crippen LogP) is 3.36. The second kappa shape index (κ2) is 4.64. The number of para-hydroxylation sites is 1. The Morgan fingerprint density at radius 1 is 1.18 bits per heavy atom. The van der Waals surface area contributed by atoms with Gasteiger partial charge in [0, 0.05) is 5.39 Å². The van der Waals surface area contributed by atoms with E-state index in [-0.39, 0.29) is 11.2 Å². The Hall–Kier alpha value is -2.73. The minimum Gasteiger partial charge on any atom is -0.422 e. The number of fused-ring (bicyclic) bond motifs is 3. The molecule has 0 radical (unpaired) electrons. The fourth-order valence-corrected chi connectivity index (χ4v) is 3.34. The lowest BCUT2D eigenvalue weighted by Crippen LogP contribution is -2.07. The maximum Gasteiger partial charge on any atom is 0.349 e. The monoisotopic (exact) mass is 309 g/mol. The Labute approximate surface area is 129 Å². The van der Waals surface area contributed by atoms with E-state index in [1.165, 1.54) is 0 Å². The molecular weight excluding hydrogens is 298 g/mol. The van der Waals surface area contributed by atoms with Crippen molar-refractivity contribution in [3.8, 4) is 10.7 Å². The fraction of sp³-hybridized carbons (Fsp3) is 0.0625. The average Bonchev–Trinajstić information content (AvgIpc) is 2.93. The average molecular weight is 309 g/mol. The predicted molar refractivity (Wildman–Crippen MR) is 88.0 cm³/mol. The maximum atomic E-state index is 12.2. The number of hydrogen-bond acceptors (Lipinski definition) is 6. The van der Waals surface area contributed by atoms with Gasteiger partial charge in [0.2, 0.25) is 0 Å². The zero-order valence-corrected chi connectivity index (χ0v) is 12.5. The molecular formula is C16H11N3O2S. The highest BCUT2D eigenvalue weighted by molar-refractivity contribution is 7.13. The summed E-state index contributed by atoms with van der Waals surface area (Å²) >= 11 is 1.55. The normalized spacial score (nSPS) is 11.3. The molecule has 0 saturated heterocycles. The molecule has 0 spiro atoms. The number of thiophene rings is 1. The third-order valence-electron chi connectivity index (χ3n) is 3.55. The SMILES string of the molecule is Cc1ccsc1-c1nc(N)c2c(=O)oc3ccccc3c2n1. The molecule has 3 aromatic heterocycles. The van der Waals surface area contributed by atoms with Crippen LogP contribution in [0.4, 0.5) is 5.82 Å². The summed E-state index contributed by atoms with van der Waals surface area (Å²) in [5.41, 5.74) is 7.59. The van der Waals surface area contributed by atoms with Gasteiger partial charge in [0.25, 0.3) is 0 Å². The van der Waals surface area contributed by atoms with Gasteiger partial charge in [-0.3, -0.25) is 0 Å². The van der Waals surface area contributed by atoms with Crippen LogP contribution in [0.15, 0.2) is 44.9 Å². The van der Waals surface area contributed by atoms with Gasteiger partial charge in [-0.15, -0.1) is 11.3 Å². The summed E-state index contributed by atoms with van der Waals surface area (Å²) in [6.07, 6.45) is 0. The highest BCUT2D eigenvalue weighted by Crippen LogP contribution is 2.30. The van der Waals surface area contributed by atoms with Gasteiger partial charge in [-0.25, -0.2) is 14.8 Å². The van der Waals surface area contributed by atoms with Gasteiger partial charge < -0.3 is 10.2 Å². The van der Waals surface area contributed by atoms with Gasteiger partial charge in [0.05, 0.1) is 10.4 Å². The second-order valence-corrected chi connectivity index (χ2v) is 5.89.